The fourth-order valence-electron chi connectivity index (χ4n) is 2.65. The van der Waals surface area contributed by atoms with E-state index >= 15 is 0 Å². The number of aromatic nitrogens is 1. The number of anilines is 2. The molecular formula is C21H18ClN3O2S2. The Hall–Kier alpha value is -2.35. The van der Waals surface area contributed by atoms with Gasteiger partial charge >= 0.3 is 0 Å². The topological polar surface area (TPSA) is 71.1 Å². The number of thioether (sulfide) groups is 1. The molecule has 0 aliphatic heterocycles. The van der Waals surface area contributed by atoms with Crippen LogP contribution < -0.4 is 10.6 Å². The molecule has 1 fully saturated rings. The van der Waals surface area contributed by atoms with E-state index in [1.165, 1.54) is 23.1 Å². The molecule has 148 valence electrons. The predicted molar refractivity (Wildman–Crippen MR) is 120 cm³/mol. The third-order valence-electron chi connectivity index (χ3n) is 4.34. The van der Waals surface area contributed by atoms with Crippen molar-refractivity contribution in [3.63, 3.8) is 0 Å². The van der Waals surface area contributed by atoms with Crippen LogP contribution in [0.15, 0.2) is 58.8 Å². The van der Waals surface area contributed by atoms with Crippen molar-refractivity contribution in [2.24, 2.45) is 5.92 Å². The fourth-order valence-corrected chi connectivity index (χ4v) is 4.31. The lowest BCUT2D eigenvalue weighted by Gasteiger charge is -2.06. The van der Waals surface area contributed by atoms with E-state index in [1.807, 2.05) is 53.9 Å². The number of hydrogen-bond donors (Lipinski definition) is 2. The molecule has 1 heterocycles. The SMILES string of the molecule is O=C(CSc1ccc(NC(=O)C2CC2)cc1)Nc1nc(-c2ccccc2Cl)cs1. The lowest BCUT2D eigenvalue weighted by molar-refractivity contribution is -0.117. The van der Waals surface area contributed by atoms with Gasteiger partial charge in [-0.15, -0.1) is 23.1 Å². The van der Waals surface area contributed by atoms with Gasteiger partial charge in [0.25, 0.3) is 0 Å². The molecule has 1 aromatic heterocycles. The van der Waals surface area contributed by atoms with Crippen LogP contribution in [0.1, 0.15) is 12.8 Å². The summed E-state index contributed by atoms with van der Waals surface area (Å²) in [5, 5.41) is 8.78. The summed E-state index contributed by atoms with van der Waals surface area (Å²) in [6.45, 7) is 0. The Morgan fingerprint density at radius 3 is 2.59 bits per heavy atom. The summed E-state index contributed by atoms with van der Waals surface area (Å²) in [4.78, 5) is 29.4. The van der Waals surface area contributed by atoms with E-state index in [2.05, 4.69) is 15.6 Å². The zero-order chi connectivity index (χ0) is 20.2. The van der Waals surface area contributed by atoms with Gasteiger partial charge in [0.2, 0.25) is 11.8 Å². The van der Waals surface area contributed by atoms with Gasteiger partial charge in [0, 0.05) is 32.5 Å². The minimum absolute atomic E-state index is 0.0874. The van der Waals surface area contributed by atoms with E-state index in [1.54, 1.807) is 0 Å². The molecule has 0 spiro atoms. The third kappa shape index (κ3) is 5.38. The number of nitrogens with one attached hydrogen (secondary N) is 2. The van der Waals surface area contributed by atoms with E-state index < -0.39 is 0 Å². The standard InChI is InChI=1S/C21H18ClN3O2S2/c22-17-4-2-1-3-16(17)18-11-29-21(24-18)25-19(26)12-28-15-9-7-14(8-10-15)23-20(27)13-5-6-13/h1-4,7-11,13H,5-6,12H2,(H,23,27)(H,24,25,26). The molecule has 1 aliphatic carbocycles. The Bertz CT molecular complexity index is 1030. The van der Waals surface area contributed by atoms with Gasteiger partial charge in [-0.1, -0.05) is 29.8 Å². The molecule has 2 N–H and O–H groups in total. The predicted octanol–water partition coefficient (Wildman–Crippen LogP) is 5.54. The van der Waals surface area contributed by atoms with Gasteiger partial charge in [0.05, 0.1) is 11.4 Å². The van der Waals surface area contributed by atoms with Crippen LogP contribution in [-0.4, -0.2) is 22.6 Å². The highest BCUT2D eigenvalue weighted by Crippen LogP contribution is 2.31. The van der Waals surface area contributed by atoms with Crippen LogP contribution in [-0.2, 0) is 9.59 Å². The van der Waals surface area contributed by atoms with Crippen molar-refractivity contribution in [1.82, 2.24) is 4.98 Å². The van der Waals surface area contributed by atoms with Gasteiger partial charge < -0.3 is 10.6 Å². The van der Waals surface area contributed by atoms with Crippen molar-refractivity contribution < 1.29 is 9.59 Å². The van der Waals surface area contributed by atoms with Crippen LogP contribution in [0.25, 0.3) is 11.3 Å². The summed E-state index contributed by atoms with van der Waals surface area (Å²) in [5.74, 6) is 0.414. The molecule has 0 radical (unpaired) electrons. The molecular weight excluding hydrogens is 426 g/mol. The molecule has 0 unspecified atom stereocenters. The van der Waals surface area contributed by atoms with Crippen molar-refractivity contribution in [3.05, 3.63) is 58.9 Å². The zero-order valence-corrected chi connectivity index (χ0v) is 17.7. The average molecular weight is 444 g/mol. The summed E-state index contributed by atoms with van der Waals surface area (Å²) in [6, 6.07) is 15.0. The Balaban J connectivity index is 1.28. The number of nitrogens with zero attached hydrogens (tertiary/aromatic N) is 1. The quantitative estimate of drug-likeness (QED) is 0.470. The first-order valence-corrected chi connectivity index (χ1v) is 11.4. The van der Waals surface area contributed by atoms with E-state index in [0.717, 1.165) is 34.7 Å². The van der Waals surface area contributed by atoms with Crippen molar-refractivity contribution in [2.75, 3.05) is 16.4 Å². The number of carbonyl (C=O) groups is 2. The summed E-state index contributed by atoms with van der Waals surface area (Å²) >= 11 is 9.00. The molecule has 0 bridgehead atoms. The third-order valence-corrected chi connectivity index (χ3v) is 6.44. The average Bonchev–Trinajstić information content (AvgIpc) is 3.48. The van der Waals surface area contributed by atoms with E-state index in [4.69, 9.17) is 11.6 Å². The first kappa shape index (κ1) is 19.9. The summed E-state index contributed by atoms with van der Waals surface area (Å²) in [6.07, 6.45) is 1.96. The van der Waals surface area contributed by atoms with Crippen molar-refractivity contribution in [2.45, 2.75) is 17.7 Å². The zero-order valence-electron chi connectivity index (χ0n) is 15.4. The van der Waals surface area contributed by atoms with Crippen molar-refractivity contribution in [1.29, 1.82) is 0 Å². The molecule has 5 nitrogen and oxygen atoms in total. The highest BCUT2D eigenvalue weighted by atomic mass is 35.5. The van der Waals surface area contributed by atoms with Crippen molar-refractivity contribution >= 4 is 57.3 Å². The normalized spacial score (nSPS) is 13.1. The Labute approximate surface area is 181 Å². The lowest BCUT2D eigenvalue weighted by atomic mass is 10.2. The Kier molecular flexibility index (Phi) is 6.18. The molecule has 8 heteroatoms. The van der Waals surface area contributed by atoms with Gasteiger partial charge in [-0.05, 0) is 43.2 Å². The first-order valence-electron chi connectivity index (χ1n) is 9.12. The van der Waals surface area contributed by atoms with Gasteiger partial charge in [0.1, 0.15) is 0 Å². The van der Waals surface area contributed by atoms with Crippen molar-refractivity contribution in [3.8, 4) is 11.3 Å². The number of carbonyl (C=O) groups excluding carboxylic acids is 2. The smallest absolute Gasteiger partial charge is 0.236 e. The van der Waals surface area contributed by atoms with Gasteiger partial charge in [0.15, 0.2) is 5.13 Å². The molecule has 0 saturated heterocycles. The molecule has 4 rings (SSSR count). The van der Waals surface area contributed by atoms with E-state index in [0.29, 0.717) is 10.2 Å². The Morgan fingerprint density at radius 1 is 1.10 bits per heavy atom. The maximum absolute atomic E-state index is 12.2. The molecule has 0 atom stereocenters. The number of halogens is 1. The second kappa shape index (κ2) is 8.98. The number of thiazole rings is 1. The highest BCUT2D eigenvalue weighted by molar-refractivity contribution is 8.00. The number of benzene rings is 2. The molecule has 29 heavy (non-hydrogen) atoms. The number of amides is 2. The second-order valence-electron chi connectivity index (χ2n) is 6.64. The van der Waals surface area contributed by atoms with Crippen LogP contribution >= 0.6 is 34.7 Å². The van der Waals surface area contributed by atoms with Crippen LogP contribution in [0.5, 0.6) is 0 Å². The molecule has 2 amide bonds. The second-order valence-corrected chi connectivity index (χ2v) is 8.96. The monoisotopic (exact) mass is 443 g/mol. The highest BCUT2D eigenvalue weighted by Gasteiger charge is 2.29. The molecule has 1 aliphatic rings. The van der Waals surface area contributed by atoms with Gasteiger partial charge in [-0.2, -0.15) is 0 Å². The Morgan fingerprint density at radius 2 is 1.86 bits per heavy atom. The summed E-state index contributed by atoms with van der Waals surface area (Å²) in [7, 11) is 0. The first-order chi connectivity index (χ1) is 14.1. The minimum Gasteiger partial charge on any atom is -0.326 e. The number of rotatable bonds is 7. The molecule has 2 aromatic carbocycles. The molecule has 3 aromatic rings. The maximum Gasteiger partial charge on any atom is 0.236 e. The lowest BCUT2D eigenvalue weighted by Crippen LogP contribution is -2.14. The maximum atomic E-state index is 12.2. The number of hydrogen-bond acceptors (Lipinski definition) is 5. The van der Waals surface area contributed by atoms with Gasteiger partial charge in [-0.3, -0.25) is 9.59 Å². The largest absolute Gasteiger partial charge is 0.326 e. The van der Waals surface area contributed by atoms with E-state index in [9.17, 15) is 9.59 Å². The van der Waals surface area contributed by atoms with Crippen LogP contribution in [0.3, 0.4) is 0 Å². The summed E-state index contributed by atoms with van der Waals surface area (Å²) in [5.41, 5.74) is 2.37. The minimum atomic E-state index is -0.124. The van der Waals surface area contributed by atoms with Crippen LogP contribution in [0.2, 0.25) is 5.02 Å². The van der Waals surface area contributed by atoms with Gasteiger partial charge in [-0.25, -0.2) is 4.98 Å². The molecule has 1 saturated carbocycles. The van der Waals surface area contributed by atoms with E-state index in [-0.39, 0.29) is 23.5 Å². The van der Waals surface area contributed by atoms with Crippen LogP contribution in [0.4, 0.5) is 10.8 Å². The fraction of sp³-hybridized carbons (Fsp3) is 0.190. The summed E-state index contributed by atoms with van der Waals surface area (Å²) < 4.78 is 0. The van der Waals surface area contributed by atoms with Crippen LogP contribution in [0, 0.1) is 5.92 Å².